The van der Waals surface area contributed by atoms with Crippen molar-refractivity contribution >= 4 is 32.0 Å². The van der Waals surface area contributed by atoms with Gasteiger partial charge in [-0.3, -0.25) is 9.12 Å². The van der Waals surface area contributed by atoms with Gasteiger partial charge in [0.15, 0.2) is 4.96 Å². The molecule has 4 aromatic rings. The molecular weight excluding hydrogens is 398 g/mol. The molecule has 0 bridgehead atoms. The fraction of sp³-hybridized carbons (Fsp3) is 0.105. The first-order valence-corrected chi connectivity index (χ1v) is 10.6. The first kappa shape index (κ1) is 18.3. The van der Waals surface area contributed by atoms with Crippen LogP contribution in [0.2, 0.25) is 0 Å². The average Bonchev–Trinajstić information content (AvgIpc) is 3.29. The van der Waals surface area contributed by atoms with Crippen LogP contribution in [0.25, 0.3) is 16.2 Å². The van der Waals surface area contributed by atoms with Crippen LogP contribution in [0.5, 0.6) is 11.5 Å². The van der Waals surface area contributed by atoms with Gasteiger partial charge in [0.05, 0.1) is 25.6 Å². The third-order valence-corrected chi connectivity index (χ3v) is 6.36. The Morgan fingerprint density at radius 1 is 1.11 bits per heavy atom. The lowest BCUT2D eigenvalue weighted by Crippen LogP contribution is -2.15. The van der Waals surface area contributed by atoms with Crippen LogP contribution in [0.3, 0.4) is 0 Å². The lowest BCUT2D eigenvalue weighted by molar-refractivity contribution is 0.392. The van der Waals surface area contributed by atoms with E-state index in [-0.39, 0.29) is 10.6 Å². The van der Waals surface area contributed by atoms with E-state index in [0.717, 1.165) is 4.96 Å². The van der Waals surface area contributed by atoms with Crippen LogP contribution in [-0.4, -0.2) is 32.0 Å². The summed E-state index contributed by atoms with van der Waals surface area (Å²) in [7, 11) is -1.02. The monoisotopic (exact) mass is 415 g/mol. The standard InChI is InChI=1S/C19H17N3O4S2/c1-25-13-7-8-17(26-2)18(11-13)28(23,24)21-15-6-4-3-5-14(15)16-12-22-9-10-27-19(22)20-16/h3-12,21H,1-2H3. The van der Waals surface area contributed by atoms with E-state index in [9.17, 15) is 8.42 Å². The highest BCUT2D eigenvalue weighted by atomic mass is 32.2. The Morgan fingerprint density at radius 2 is 1.93 bits per heavy atom. The van der Waals surface area contributed by atoms with Crippen LogP contribution in [0.15, 0.2) is 65.1 Å². The van der Waals surface area contributed by atoms with Crippen molar-refractivity contribution < 1.29 is 17.9 Å². The maximum Gasteiger partial charge on any atom is 0.265 e. The molecule has 4 rings (SSSR count). The van der Waals surface area contributed by atoms with E-state index in [1.165, 1.54) is 31.6 Å². The number of sulfonamides is 1. The highest BCUT2D eigenvalue weighted by Gasteiger charge is 2.22. The molecule has 9 heteroatoms. The van der Waals surface area contributed by atoms with E-state index in [1.807, 2.05) is 34.3 Å². The van der Waals surface area contributed by atoms with Gasteiger partial charge in [-0.2, -0.15) is 0 Å². The fourth-order valence-corrected chi connectivity index (χ4v) is 4.81. The third-order valence-electron chi connectivity index (χ3n) is 4.20. The summed E-state index contributed by atoms with van der Waals surface area (Å²) in [6.07, 6.45) is 3.77. The van der Waals surface area contributed by atoms with Crippen LogP contribution in [0.4, 0.5) is 5.69 Å². The average molecular weight is 415 g/mol. The van der Waals surface area contributed by atoms with Gasteiger partial charge in [0.1, 0.15) is 16.4 Å². The molecule has 0 unspecified atom stereocenters. The van der Waals surface area contributed by atoms with Crippen molar-refractivity contribution in [3.63, 3.8) is 0 Å². The fourth-order valence-electron chi connectivity index (χ4n) is 2.85. The van der Waals surface area contributed by atoms with Crippen LogP contribution in [-0.2, 0) is 10.0 Å². The Balaban J connectivity index is 1.76. The second-order valence-corrected chi connectivity index (χ2v) is 8.41. The van der Waals surface area contributed by atoms with E-state index >= 15 is 0 Å². The number of nitrogens with zero attached hydrogens (tertiary/aromatic N) is 2. The molecule has 0 aliphatic rings. The Kier molecular flexibility index (Phi) is 4.70. The lowest BCUT2D eigenvalue weighted by atomic mass is 10.1. The van der Waals surface area contributed by atoms with Crippen molar-refractivity contribution in [3.8, 4) is 22.8 Å². The molecule has 0 radical (unpaired) electrons. The maximum atomic E-state index is 13.1. The molecule has 0 aliphatic heterocycles. The van der Waals surface area contributed by atoms with Crippen molar-refractivity contribution in [1.82, 2.24) is 9.38 Å². The van der Waals surface area contributed by atoms with Gasteiger partial charge in [-0.25, -0.2) is 13.4 Å². The Bertz CT molecular complexity index is 1220. The number of imidazole rings is 1. The molecule has 2 heterocycles. The summed E-state index contributed by atoms with van der Waals surface area (Å²) in [5.41, 5.74) is 1.80. The van der Waals surface area contributed by atoms with E-state index in [4.69, 9.17) is 9.47 Å². The normalized spacial score (nSPS) is 11.5. The molecule has 2 aromatic carbocycles. The SMILES string of the molecule is COc1ccc(OC)c(S(=O)(=O)Nc2ccccc2-c2cn3ccsc3n2)c1. The van der Waals surface area contributed by atoms with Crippen molar-refractivity contribution in [2.45, 2.75) is 4.90 Å². The molecule has 28 heavy (non-hydrogen) atoms. The molecule has 0 saturated heterocycles. The number of para-hydroxylation sites is 1. The van der Waals surface area contributed by atoms with Gasteiger partial charge in [-0.05, 0) is 18.2 Å². The number of fused-ring (bicyclic) bond motifs is 1. The molecule has 0 fully saturated rings. The van der Waals surface area contributed by atoms with Crippen molar-refractivity contribution in [2.24, 2.45) is 0 Å². The number of methoxy groups -OCH3 is 2. The largest absolute Gasteiger partial charge is 0.497 e. The summed E-state index contributed by atoms with van der Waals surface area (Å²) in [4.78, 5) is 5.40. The van der Waals surface area contributed by atoms with Crippen LogP contribution in [0.1, 0.15) is 0 Å². The predicted molar refractivity (Wildman–Crippen MR) is 109 cm³/mol. The smallest absolute Gasteiger partial charge is 0.265 e. The van der Waals surface area contributed by atoms with Crippen LogP contribution >= 0.6 is 11.3 Å². The highest BCUT2D eigenvalue weighted by molar-refractivity contribution is 7.92. The molecular formula is C19H17N3O4S2. The first-order chi connectivity index (χ1) is 13.5. The summed E-state index contributed by atoms with van der Waals surface area (Å²) >= 11 is 1.51. The Morgan fingerprint density at radius 3 is 2.68 bits per heavy atom. The van der Waals surface area contributed by atoms with E-state index in [2.05, 4.69) is 9.71 Å². The van der Waals surface area contributed by atoms with E-state index in [0.29, 0.717) is 22.7 Å². The molecule has 1 N–H and O–H groups in total. The maximum absolute atomic E-state index is 13.1. The first-order valence-electron chi connectivity index (χ1n) is 8.28. The minimum Gasteiger partial charge on any atom is -0.497 e. The number of rotatable bonds is 6. The third kappa shape index (κ3) is 3.30. The molecule has 0 spiro atoms. The van der Waals surface area contributed by atoms with E-state index in [1.54, 1.807) is 24.3 Å². The second kappa shape index (κ2) is 7.17. The summed E-state index contributed by atoms with van der Waals surface area (Å²) in [5, 5.41) is 1.94. The number of benzene rings is 2. The molecule has 144 valence electrons. The molecule has 0 amide bonds. The zero-order valence-corrected chi connectivity index (χ0v) is 16.8. The summed E-state index contributed by atoms with van der Waals surface area (Å²) in [6.45, 7) is 0. The highest BCUT2D eigenvalue weighted by Crippen LogP contribution is 2.33. The number of hydrogen-bond donors (Lipinski definition) is 1. The topological polar surface area (TPSA) is 81.9 Å². The lowest BCUT2D eigenvalue weighted by Gasteiger charge is -2.14. The van der Waals surface area contributed by atoms with Crippen molar-refractivity contribution in [3.05, 3.63) is 60.2 Å². The summed E-state index contributed by atoms with van der Waals surface area (Å²) in [6, 6.07) is 11.8. The number of nitrogens with one attached hydrogen (secondary N) is 1. The van der Waals surface area contributed by atoms with Crippen molar-refractivity contribution in [2.75, 3.05) is 18.9 Å². The summed E-state index contributed by atoms with van der Waals surface area (Å²) in [5.74, 6) is 0.650. The van der Waals surface area contributed by atoms with Crippen molar-refractivity contribution in [1.29, 1.82) is 0 Å². The predicted octanol–water partition coefficient (Wildman–Crippen LogP) is 3.88. The molecule has 0 saturated carbocycles. The van der Waals surface area contributed by atoms with Crippen LogP contribution < -0.4 is 14.2 Å². The quantitative estimate of drug-likeness (QED) is 0.517. The number of thiazole rings is 1. The van der Waals surface area contributed by atoms with Gasteiger partial charge in [0, 0.05) is 29.4 Å². The number of ether oxygens (including phenoxy) is 2. The number of hydrogen-bond acceptors (Lipinski definition) is 6. The molecule has 2 aromatic heterocycles. The van der Waals surface area contributed by atoms with Gasteiger partial charge in [0.2, 0.25) is 0 Å². The van der Waals surface area contributed by atoms with Gasteiger partial charge < -0.3 is 9.47 Å². The van der Waals surface area contributed by atoms with Gasteiger partial charge in [-0.15, -0.1) is 11.3 Å². The van der Waals surface area contributed by atoms with Gasteiger partial charge in [0.25, 0.3) is 10.0 Å². The molecule has 0 atom stereocenters. The zero-order chi connectivity index (χ0) is 19.7. The number of aromatic nitrogens is 2. The number of anilines is 1. The van der Waals surface area contributed by atoms with Crippen LogP contribution in [0, 0.1) is 0 Å². The minimum atomic E-state index is -3.92. The Hall–Kier alpha value is -3.04. The Labute approximate surface area is 166 Å². The van der Waals surface area contributed by atoms with Gasteiger partial charge >= 0.3 is 0 Å². The molecule has 0 aliphatic carbocycles. The van der Waals surface area contributed by atoms with Gasteiger partial charge in [-0.1, -0.05) is 18.2 Å². The zero-order valence-electron chi connectivity index (χ0n) is 15.1. The molecule has 7 nitrogen and oxygen atoms in total. The van der Waals surface area contributed by atoms with E-state index < -0.39 is 10.0 Å². The minimum absolute atomic E-state index is 0.00465. The summed E-state index contributed by atoms with van der Waals surface area (Å²) < 4.78 is 41.1. The second-order valence-electron chi connectivity index (χ2n) is 5.89.